The standard InChI is InChI=1S/C29H37N5O4S2/c1-5-14-32-16-13-24-25(18-32)39-28(26(24)29(36)34-21(4)17-19(2)31-34)30-27(35)22-9-11-23(12-10-22)40(37,38)33-15-7-6-8-20(33)3/h9-12,17,20H,5-8,13-16,18H2,1-4H3,(H,30,35). The number of piperidine rings is 1. The number of amides is 1. The quantitative estimate of drug-likeness (QED) is 0.427. The van der Waals surface area contributed by atoms with E-state index < -0.39 is 10.0 Å². The fraction of sp³-hybridized carbons (Fsp3) is 0.483. The molecule has 1 aromatic carbocycles. The lowest BCUT2D eigenvalue weighted by Gasteiger charge is -2.32. The summed E-state index contributed by atoms with van der Waals surface area (Å²) >= 11 is 1.44. The van der Waals surface area contributed by atoms with Crippen LogP contribution in [0, 0.1) is 13.8 Å². The van der Waals surface area contributed by atoms with E-state index in [9.17, 15) is 18.0 Å². The number of nitrogens with one attached hydrogen (secondary N) is 1. The summed E-state index contributed by atoms with van der Waals surface area (Å²) in [6.45, 7) is 10.9. The first-order chi connectivity index (χ1) is 19.1. The summed E-state index contributed by atoms with van der Waals surface area (Å²) in [4.78, 5) is 30.8. The van der Waals surface area contributed by atoms with Gasteiger partial charge in [-0.15, -0.1) is 11.3 Å². The average Bonchev–Trinajstić information content (AvgIpc) is 3.46. The van der Waals surface area contributed by atoms with Gasteiger partial charge in [0.1, 0.15) is 5.00 Å². The molecule has 0 bridgehead atoms. The van der Waals surface area contributed by atoms with Crippen molar-refractivity contribution in [2.75, 3.05) is 25.0 Å². The minimum absolute atomic E-state index is 0.0435. The molecule has 3 aromatic rings. The van der Waals surface area contributed by atoms with Crippen molar-refractivity contribution >= 4 is 38.2 Å². The second kappa shape index (κ2) is 11.6. The molecule has 2 aliphatic rings. The zero-order valence-corrected chi connectivity index (χ0v) is 25.2. The number of hydrogen-bond acceptors (Lipinski definition) is 7. The third kappa shape index (κ3) is 5.52. The lowest BCUT2D eigenvalue weighted by molar-refractivity contribution is 0.0942. The normalized spacial score (nSPS) is 18.4. The van der Waals surface area contributed by atoms with E-state index in [0.717, 1.165) is 73.6 Å². The van der Waals surface area contributed by atoms with Crippen LogP contribution in [0.3, 0.4) is 0 Å². The van der Waals surface area contributed by atoms with Crippen LogP contribution in [-0.2, 0) is 23.0 Å². The number of aryl methyl sites for hydroxylation is 2. The van der Waals surface area contributed by atoms with Gasteiger partial charge < -0.3 is 5.32 Å². The molecule has 214 valence electrons. The van der Waals surface area contributed by atoms with Gasteiger partial charge in [-0.25, -0.2) is 13.1 Å². The van der Waals surface area contributed by atoms with Gasteiger partial charge in [-0.1, -0.05) is 13.3 Å². The number of nitrogens with zero attached hydrogens (tertiary/aromatic N) is 4. The Kier molecular flexibility index (Phi) is 8.28. The predicted octanol–water partition coefficient (Wildman–Crippen LogP) is 4.83. The molecule has 1 atom stereocenters. The zero-order valence-electron chi connectivity index (χ0n) is 23.6. The van der Waals surface area contributed by atoms with Gasteiger partial charge in [0.25, 0.3) is 11.8 Å². The summed E-state index contributed by atoms with van der Waals surface area (Å²) in [7, 11) is -3.63. The molecule has 1 N–H and O–H groups in total. The maximum Gasteiger partial charge on any atom is 0.281 e. The summed E-state index contributed by atoms with van der Waals surface area (Å²) < 4.78 is 29.4. The van der Waals surface area contributed by atoms with Crippen molar-refractivity contribution in [3.8, 4) is 0 Å². The highest BCUT2D eigenvalue weighted by Crippen LogP contribution is 2.38. The summed E-state index contributed by atoms with van der Waals surface area (Å²) in [5, 5.41) is 7.88. The zero-order chi connectivity index (χ0) is 28.6. The van der Waals surface area contributed by atoms with Crippen molar-refractivity contribution < 1.29 is 18.0 Å². The summed E-state index contributed by atoms with van der Waals surface area (Å²) in [5.41, 5.74) is 3.29. The van der Waals surface area contributed by atoms with E-state index >= 15 is 0 Å². The van der Waals surface area contributed by atoms with Crippen molar-refractivity contribution in [1.29, 1.82) is 0 Å². The Morgan fingerprint density at radius 1 is 1.12 bits per heavy atom. The molecule has 1 saturated heterocycles. The molecule has 0 aliphatic carbocycles. The molecule has 4 heterocycles. The molecule has 0 radical (unpaired) electrons. The maximum absolute atomic E-state index is 13.8. The molecule has 1 fully saturated rings. The van der Waals surface area contributed by atoms with Gasteiger partial charge in [-0.2, -0.15) is 9.40 Å². The van der Waals surface area contributed by atoms with Crippen molar-refractivity contribution in [2.24, 2.45) is 0 Å². The molecule has 0 saturated carbocycles. The second-order valence-corrected chi connectivity index (χ2v) is 13.8. The molecule has 40 heavy (non-hydrogen) atoms. The Morgan fingerprint density at radius 2 is 1.88 bits per heavy atom. The van der Waals surface area contributed by atoms with Crippen LogP contribution < -0.4 is 5.32 Å². The summed E-state index contributed by atoms with van der Waals surface area (Å²) in [5.74, 6) is -0.638. The Morgan fingerprint density at radius 3 is 2.52 bits per heavy atom. The summed E-state index contributed by atoms with van der Waals surface area (Å²) in [6, 6.07) is 7.88. The monoisotopic (exact) mass is 583 g/mol. The molecule has 9 nitrogen and oxygen atoms in total. The van der Waals surface area contributed by atoms with Gasteiger partial charge in [0.05, 0.1) is 16.2 Å². The SMILES string of the molecule is CCCN1CCc2c(sc(NC(=O)c3ccc(S(=O)(=O)N4CCCCC4C)cc3)c2C(=O)n2nc(C)cc2C)C1. The Labute approximate surface area is 240 Å². The number of hydrogen-bond donors (Lipinski definition) is 1. The Balaban J connectivity index is 1.43. The van der Waals surface area contributed by atoms with E-state index in [1.807, 2.05) is 26.8 Å². The third-order valence-corrected chi connectivity index (χ3v) is 10.9. The van der Waals surface area contributed by atoms with Gasteiger partial charge in [0.2, 0.25) is 10.0 Å². The van der Waals surface area contributed by atoms with E-state index in [4.69, 9.17) is 0 Å². The van der Waals surface area contributed by atoms with Crippen molar-refractivity contribution in [3.05, 3.63) is 63.3 Å². The molecule has 1 amide bonds. The van der Waals surface area contributed by atoms with Crippen LogP contribution >= 0.6 is 11.3 Å². The highest BCUT2D eigenvalue weighted by atomic mass is 32.2. The minimum Gasteiger partial charge on any atom is -0.313 e. The number of carbonyl (C=O) groups excluding carboxylic acids is 2. The van der Waals surface area contributed by atoms with Crippen LogP contribution in [0.25, 0.3) is 0 Å². The lowest BCUT2D eigenvalue weighted by Crippen LogP contribution is -2.41. The highest BCUT2D eigenvalue weighted by Gasteiger charge is 2.32. The second-order valence-electron chi connectivity index (χ2n) is 10.8. The molecular formula is C29H37N5O4S2. The molecule has 0 spiro atoms. The molecule has 5 rings (SSSR count). The van der Waals surface area contributed by atoms with Gasteiger partial charge in [-0.3, -0.25) is 14.5 Å². The first kappa shape index (κ1) is 28.7. The number of fused-ring (bicyclic) bond motifs is 1. The summed E-state index contributed by atoms with van der Waals surface area (Å²) in [6.07, 6.45) is 4.50. The van der Waals surface area contributed by atoms with Crippen LogP contribution in [0.4, 0.5) is 5.00 Å². The molecule has 2 aliphatic heterocycles. The Bertz CT molecular complexity index is 1520. The van der Waals surface area contributed by atoms with E-state index in [2.05, 4.69) is 22.2 Å². The van der Waals surface area contributed by atoms with Crippen LogP contribution in [0.5, 0.6) is 0 Å². The smallest absolute Gasteiger partial charge is 0.281 e. The topological polar surface area (TPSA) is 105 Å². The number of aromatic nitrogens is 2. The largest absolute Gasteiger partial charge is 0.313 e. The Hall–Kier alpha value is -2.86. The molecular weight excluding hydrogens is 546 g/mol. The average molecular weight is 584 g/mol. The van der Waals surface area contributed by atoms with E-state index in [1.54, 1.807) is 4.31 Å². The number of carbonyl (C=O) groups is 2. The first-order valence-corrected chi connectivity index (χ1v) is 16.2. The first-order valence-electron chi connectivity index (χ1n) is 14.0. The molecule has 11 heteroatoms. The van der Waals surface area contributed by atoms with E-state index in [1.165, 1.54) is 40.3 Å². The van der Waals surface area contributed by atoms with Crippen molar-refractivity contribution in [3.63, 3.8) is 0 Å². The number of thiophene rings is 1. The van der Waals surface area contributed by atoms with Crippen molar-refractivity contribution in [2.45, 2.75) is 77.3 Å². The van der Waals surface area contributed by atoms with Crippen molar-refractivity contribution in [1.82, 2.24) is 19.0 Å². The lowest BCUT2D eigenvalue weighted by atomic mass is 10.0. The van der Waals surface area contributed by atoms with Crippen LogP contribution in [0.1, 0.15) is 82.1 Å². The predicted molar refractivity (Wildman–Crippen MR) is 157 cm³/mol. The fourth-order valence-corrected chi connectivity index (χ4v) is 8.71. The van der Waals surface area contributed by atoms with E-state index in [0.29, 0.717) is 22.7 Å². The fourth-order valence-electron chi connectivity index (χ4n) is 5.74. The third-order valence-electron chi connectivity index (χ3n) is 7.78. The van der Waals surface area contributed by atoms with E-state index in [-0.39, 0.29) is 22.8 Å². The van der Waals surface area contributed by atoms with Crippen LogP contribution in [0.2, 0.25) is 0 Å². The van der Waals surface area contributed by atoms with Gasteiger partial charge >= 0.3 is 0 Å². The van der Waals surface area contributed by atoms with Gasteiger partial charge in [-0.05, 0) is 88.9 Å². The molecule has 2 aromatic heterocycles. The van der Waals surface area contributed by atoms with Gasteiger partial charge in [0, 0.05) is 41.8 Å². The van der Waals surface area contributed by atoms with Crippen LogP contribution in [-0.4, -0.2) is 64.9 Å². The van der Waals surface area contributed by atoms with Crippen LogP contribution in [0.15, 0.2) is 35.2 Å². The van der Waals surface area contributed by atoms with Gasteiger partial charge in [0.15, 0.2) is 0 Å². The maximum atomic E-state index is 13.8. The number of anilines is 1. The number of sulfonamides is 1. The molecule has 1 unspecified atom stereocenters. The minimum atomic E-state index is -3.63. The number of benzene rings is 1. The number of rotatable bonds is 7. The highest BCUT2D eigenvalue weighted by molar-refractivity contribution is 7.89.